The fraction of sp³-hybridized carbons (Fsp3) is 1.00. The maximum absolute atomic E-state index is 5.59. The number of methoxy groups -OCH3 is 1. The van der Waals surface area contributed by atoms with Gasteiger partial charge in [-0.3, -0.25) is 4.90 Å². The molecule has 2 rings (SSSR count). The van der Waals surface area contributed by atoms with Gasteiger partial charge in [0.1, 0.15) is 0 Å². The Morgan fingerprint density at radius 3 is 2.29 bits per heavy atom. The fourth-order valence-corrected chi connectivity index (χ4v) is 3.76. The molecule has 0 amide bonds. The molecule has 0 bridgehead atoms. The predicted molar refractivity (Wildman–Crippen MR) is 91.8 cm³/mol. The molecule has 0 radical (unpaired) electrons. The Kier molecular flexibility index (Phi) is 8.84. The van der Waals surface area contributed by atoms with Gasteiger partial charge in [0, 0.05) is 39.3 Å². The van der Waals surface area contributed by atoms with Crippen LogP contribution in [0.15, 0.2) is 0 Å². The minimum atomic E-state index is 0.515. The van der Waals surface area contributed by atoms with Crippen LogP contribution in [0.3, 0.4) is 0 Å². The Morgan fingerprint density at radius 1 is 1.10 bits per heavy atom. The topological polar surface area (TPSA) is 15.7 Å². The highest BCUT2D eigenvalue weighted by atomic mass is 16.5. The third-order valence-corrected chi connectivity index (χ3v) is 5.45. The molecule has 0 aromatic rings. The largest absolute Gasteiger partial charge is 0.381 e. The van der Waals surface area contributed by atoms with E-state index in [-0.39, 0.29) is 0 Å². The Hall–Kier alpha value is -0.120. The van der Waals surface area contributed by atoms with E-state index < -0.39 is 0 Å². The lowest BCUT2D eigenvalue weighted by Gasteiger charge is -2.40. The SMILES string of the molecule is CC.COC1CCC(C)C(CC(C)N2CCN(C)CC2)C1. The van der Waals surface area contributed by atoms with Gasteiger partial charge >= 0.3 is 0 Å². The summed E-state index contributed by atoms with van der Waals surface area (Å²) in [7, 11) is 4.11. The smallest absolute Gasteiger partial charge is 0.0574 e. The average molecular weight is 299 g/mol. The molecule has 21 heavy (non-hydrogen) atoms. The lowest BCUT2D eigenvalue weighted by atomic mass is 9.76. The molecule has 0 spiro atoms. The third kappa shape index (κ3) is 5.88. The highest BCUT2D eigenvalue weighted by Crippen LogP contribution is 2.35. The van der Waals surface area contributed by atoms with Crippen LogP contribution >= 0.6 is 0 Å². The zero-order chi connectivity index (χ0) is 15.8. The molecule has 4 atom stereocenters. The molecule has 1 aliphatic heterocycles. The summed E-state index contributed by atoms with van der Waals surface area (Å²) in [6.45, 7) is 13.8. The van der Waals surface area contributed by atoms with E-state index in [9.17, 15) is 0 Å². The lowest BCUT2D eigenvalue weighted by Crippen LogP contribution is -2.49. The standard InChI is InChI=1S/C16H32N2O.C2H6/c1-13-5-6-16(19-4)12-15(13)11-14(2)18-9-7-17(3)8-10-18;1-2/h13-16H,5-12H2,1-4H3;1-2H3. The second kappa shape index (κ2) is 9.81. The van der Waals surface area contributed by atoms with Crippen LogP contribution in [0.1, 0.15) is 53.4 Å². The van der Waals surface area contributed by atoms with Gasteiger partial charge in [0.15, 0.2) is 0 Å². The first-order valence-corrected chi connectivity index (χ1v) is 9.05. The van der Waals surface area contributed by atoms with Gasteiger partial charge in [-0.25, -0.2) is 0 Å². The van der Waals surface area contributed by atoms with Crippen LogP contribution in [-0.2, 0) is 4.74 Å². The van der Waals surface area contributed by atoms with E-state index in [0.29, 0.717) is 6.10 Å². The van der Waals surface area contributed by atoms with E-state index in [0.717, 1.165) is 17.9 Å². The molecule has 1 heterocycles. The maximum Gasteiger partial charge on any atom is 0.0574 e. The van der Waals surface area contributed by atoms with Gasteiger partial charge in [0.25, 0.3) is 0 Å². The van der Waals surface area contributed by atoms with E-state index in [2.05, 4.69) is 30.7 Å². The Bertz CT molecular complexity index is 264. The molecule has 3 nitrogen and oxygen atoms in total. The predicted octanol–water partition coefficient (Wildman–Crippen LogP) is 3.49. The summed E-state index contributed by atoms with van der Waals surface area (Å²) < 4.78 is 5.59. The first-order chi connectivity index (χ1) is 10.1. The molecule has 0 N–H and O–H groups in total. The van der Waals surface area contributed by atoms with E-state index in [1.807, 2.05) is 21.0 Å². The zero-order valence-electron chi connectivity index (χ0n) is 15.3. The van der Waals surface area contributed by atoms with Gasteiger partial charge in [0.2, 0.25) is 0 Å². The van der Waals surface area contributed by atoms with Crippen molar-refractivity contribution in [2.24, 2.45) is 11.8 Å². The van der Waals surface area contributed by atoms with Crippen LogP contribution in [0.4, 0.5) is 0 Å². The third-order valence-electron chi connectivity index (χ3n) is 5.45. The zero-order valence-corrected chi connectivity index (χ0v) is 15.3. The van der Waals surface area contributed by atoms with Gasteiger partial charge < -0.3 is 9.64 Å². The molecule has 0 aromatic carbocycles. The Morgan fingerprint density at radius 2 is 1.71 bits per heavy atom. The van der Waals surface area contributed by atoms with Gasteiger partial charge in [-0.15, -0.1) is 0 Å². The number of piperazine rings is 1. The first-order valence-electron chi connectivity index (χ1n) is 9.05. The van der Waals surface area contributed by atoms with Gasteiger partial charge in [-0.1, -0.05) is 20.8 Å². The maximum atomic E-state index is 5.59. The van der Waals surface area contributed by atoms with Crippen LogP contribution in [0.2, 0.25) is 0 Å². The number of hydrogen-bond acceptors (Lipinski definition) is 3. The van der Waals surface area contributed by atoms with Crippen LogP contribution in [0.25, 0.3) is 0 Å². The lowest BCUT2D eigenvalue weighted by molar-refractivity contribution is 0.0182. The van der Waals surface area contributed by atoms with E-state index in [1.54, 1.807) is 0 Å². The number of nitrogens with zero attached hydrogens (tertiary/aromatic N) is 2. The van der Waals surface area contributed by atoms with Crippen LogP contribution in [0, 0.1) is 11.8 Å². The molecule has 1 saturated carbocycles. The number of rotatable bonds is 4. The van der Waals surface area contributed by atoms with Crippen molar-refractivity contribution in [2.45, 2.75) is 65.5 Å². The summed E-state index contributed by atoms with van der Waals surface area (Å²) in [4.78, 5) is 5.12. The van der Waals surface area contributed by atoms with Gasteiger partial charge in [0.05, 0.1) is 6.10 Å². The second-order valence-electron chi connectivity index (χ2n) is 6.83. The summed E-state index contributed by atoms with van der Waals surface area (Å²) in [5.74, 6) is 1.73. The minimum absolute atomic E-state index is 0.515. The summed E-state index contributed by atoms with van der Waals surface area (Å²) in [5, 5.41) is 0. The van der Waals surface area contributed by atoms with Crippen LogP contribution in [0.5, 0.6) is 0 Å². The normalized spacial score (nSPS) is 33.1. The Labute approximate surface area is 133 Å². The molecule has 4 unspecified atom stereocenters. The van der Waals surface area contributed by atoms with E-state index >= 15 is 0 Å². The van der Waals surface area contributed by atoms with Crippen molar-refractivity contribution in [1.29, 1.82) is 0 Å². The van der Waals surface area contributed by atoms with Crippen LogP contribution < -0.4 is 0 Å². The number of likely N-dealkylation sites (N-methyl/N-ethyl adjacent to an activating group) is 1. The van der Waals surface area contributed by atoms with E-state index in [4.69, 9.17) is 4.74 Å². The highest BCUT2D eigenvalue weighted by molar-refractivity contribution is 4.83. The van der Waals surface area contributed by atoms with Crippen molar-refractivity contribution in [2.75, 3.05) is 40.3 Å². The molecule has 1 saturated heterocycles. The summed E-state index contributed by atoms with van der Waals surface area (Å²) >= 11 is 0. The van der Waals surface area contributed by atoms with Crippen LogP contribution in [-0.4, -0.2) is 62.3 Å². The van der Waals surface area contributed by atoms with Gasteiger partial charge in [-0.05, 0) is 51.5 Å². The molecule has 2 fully saturated rings. The number of ether oxygens (including phenoxy) is 1. The van der Waals surface area contributed by atoms with Crippen molar-refractivity contribution < 1.29 is 4.74 Å². The summed E-state index contributed by atoms with van der Waals surface area (Å²) in [6.07, 6.45) is 5.75. The van der Waals surface area contributed by atoms with Crippen molar-refractivity contribution in [1.82, 2.24) is 9.80 Å². The molecule has 3 heteroatoms. The fourth-order valence-electron chi connectivity index (χ4n) is 3.76. The minimum Gasteiger partial charge on any atom is -0.381 e. The molecule has 1 aliphatic carbocycles. The van der Waals surface area contributed by atoms with Crippen molar-refractivity contribution in [3.05, 3.63) is 0 Å². The summed E-state index contributed by atoms with van der Waals surface area (Å²) in [5.41, 5.74) is 0. The molecular formula is C18H38N2O. The van der Waals surface area contributed by atoms with Gasteiger partial charge in [-0.2, -0.15) is 0 Å². The van der Waals surface area contributed by atoms with E-state index in [1.165, 1.54) is 51.9 Å². The van der Waals surface area contributed by atoms with Crippen molar-refractivity contribution >= 4 is 0 Å². The second-order valence-corrected chi connectivity index (χ2v) is 6.83. The molecule has 126 valence electrons. The molecular weight excluding hydrogens is 260 g/mol. The first kappa shape index (κ1) is 18.9. The van der Waals surface area contributed by atoms with Crippen molar-refractivity contribution in [3.63, 3.8) is 0 Å². The number of hydrogen-bond donors (Lipinski definition) is 0. The molecule has 0 aromatic heterocycles. The monoisotopic (exact) mass is 298 g/mol. The molecule has 2 aliphatic rings. The average Bonchev–Trinajstić information content (AvgIpc) is 2.52. The van der Waals surface area contributed by atoms with Crippen molar-refractivity contribution in [3.8, 4) is 0 Å². The highest BCUT2D eigenvalue weighted by Gasteiger charge is 2.30. The summed E-state index contributed by atoms with van der Waals surface area (Å²) in [6, 6.07) is 0.733. The quantitative estimate of drug-likeness (QED) is 0.790. The Balaban J connectivity index is 0.00000106.